The zero-order chi connectivity index (χ0) is 18.8. The summed E-state index contributed by atoms with van der Waals surface area (Å²) in [6.45, 7) is 6.74. The highest BCUT2D eigenvalue weighted by Gasteiger charge is 2.29. The van der Waals surface area contributed by atoms with Gasteiger partial charge in [-0.2, -0.15) is 0 Å². The molecular weight excluding hydrogens is 336 g/mol. The standard InChI is InChI=1S/C18H22N4O4/c1-11(2)16-19-20-17(26-16)13-7-9-21(10-8-13)18(23)14-5-4-6-15(12(14)3)22(24)25/h4-6,11,13H,7-10H2,1-3H3. The number of benzene rings is 1. The molecule has 2 aromatic rings. The molecule has 3 rings (SSSR count). The highest BCUT2D eigenvalue weighted by molar-refractivity contribution is 5.96. The predicted octanol–water partition coefficient (Wildman–Crippen LogP) is 3.43. The van der Waals surface area contributed by atoms with E-state index >= 15 is 0 Å². The number of aromatic nitrogens is 2. The molecule has 1 aromatic carbocycles. The highest BCUT2D eigenvalue weighted by Crippen LogP contribution is 2.30. The van der Waals surface area contributed by atoms with Crippen LogP contribution in [-0.4, -0.2) is 39.0 Å². The van der Waals surface area contributed by atoms with Gasteiger partial charge >= 0.3 is 0 Å². The maximum absolute atomic E-state index is 12.8. The van der Waals surface area contributed by atoms with Gasteiger partial charge in [-0.05, 0) is 25.8 Å². The van der Waals surface area contributed by atoms with Gasteiger partial charge in [0.2, 0.25) is 11.8 Å². The number of carbonyl (C=O) groups excluding carboxylic acids is 1. The van der Waals surface area contributed by atoms with Crippen LogP contribution in [0.4, 0.5) is 5.69 Å². The first-order chi connectivity index (χ1) is 12.4. The van der Waals surface area contributed by atoms with Gasteiger partial charge in [-0.25, -0.2) is 0 Å². The molecule has 1 fully saturated rings. The molecule has 26 heavy (non-hydrogen) atoms. The minimum atomic E-state index is -0.458. The van der Waals surface area contributed by atoms with E-state index in [9.17, 15) is 14.9 Å². The Kier molecular flexibility index (Phi) is 5.01. The van der Waals surface area contributed by atoms with Crippen LogP contribution in [0.15, 0.2) is 22.6 Å². The number of nitro groups is 1. The van der Waals surface area contributed by atoms with Crippen molar-refractivity contribution in [1.29, 1.82) is 0 Å². The van der Waals surface area contributed by atoms with Crippen LogP contribution in [0.5, 0.6) is 0 Å². The lowest BCUT2D eigenvalue weighted by Crippen LogP contribution is -2.38. The Balaban J connectivity index is 1.69. The molecule has 1 aromatic heterocycles. The van der Waals surface area contributed by atoms with E-state index in [-0.39, 0.29) is 23.4 Å². The van der Waals surface area contributed by atoms with Crippen LogP contribution in [0.2, 0.25) is 0 Å². The van der Waals surface area contributed by atoms with Crippen molar-refractivity contribution in [3.05, 3.63) is 51.2 Å². The lowest BCUT2D eigenvalue weighted by Gasteiger charge is -2.30. The molecule has 0 N–H and O–H groups in total. The van der Waals surface area contributed by atoms with Gasteiger partial charge in [-0.1, -0.05) is 19.9 Å². The van der Waals surface area contributed by atoms with E-state index in [1.807, 2.05) is 13.8 Å². The van der Waals surface area contributed by atoms with Crippen molar-refractivity contribution in [2.24, 2.45) is 0 Å². The number of amides is 1. The molecule has 1 aliphatic heterocycles. The van der Waals surface area contributed by atoms with Crippen molar-refractivity contribution in [1.82, 2.24) is 15.1 Å². The third-order valence-corrected chi connectivity index (χ3v) is 4.81. The first-order valence-electron chi connectivity index (χ1n) is 8.75. The van der Waals surface area contributed by atoms with E-state index < -0.39 is 4.92 Å². The molecule has 8 nitrogen and oxygen atoms in total. The molecule has 8 heteroatoms. The molecule has 0 saturated carbocycles. The maximum Gasteiger partial charge on any atom is 0.273 e. The van der Waals surface area contributed by atoms with Gasteiger partial charge in [0.1, 0.15) is 0 Å². The molecule has 138 valence electrons. The average molecular weight is 358 g/mol. The van der Waals surface area contributed by atoms with Crippen LogP contribution >= 0.6 is 0 Å². The fourth-order valence-corrected chi connectivity index (χ4v) is 3.20. The van der Waals surface area contributed by atoms with Crippen LogP contribution in [-0.2, 0) is 0 Å². The Morgan fingerprint density at radius 2 is 2.00 bits per heavy atom. The number of piperidine rings is 1. The smallest absolute Gasteiger partial charge is 0.273 e. The van der Waals surface area contributed by atoms with E-state index in [1.165, 1.54) is 6.07 Å². The van der Waals surface area contributed by atoms with Crippen LogP contribution in [0.1, 0.15) is 66.2 Å². The summed E-state index contributed by atoms with van der Waals surface area (Å²) in [5, 5.41) is 19.3. The normalized spacial score (nSPS) is 15.5. The molecule has 0 bridgehead atoms. The first kappa shape index (κ1) is 18.0. The molecule has 0 radical (unpaired) electrons. The third-order valence-electron chi connectivity index (χ3n) is 4.81. The number of hydrogen-bond acceptors (Lipinski definition) is 6. The van der Waals surface area contributed by atoms with Crippen molar-refractivity contribution >= 4 is 11.6 Å². The van der Waals surface area contributed by atoms with Crippen molar-refractivity contribution in [3.8, 4) is 0 Å². The SMILES string of the molecule is Cc1c(C(=O)N2CCC(c3nnc(C(C)C)o3)CC2)cccc1[N+](=O)[O-]. The Hall–Kier alpha value is -2.77. The van der Waals surface area contributed by atoms with Gasteiger partial charge in [-0.15, -0.1) is 10.2 Å². The van der Waals surface area contributed by atoms with Gasteiger partial charge in [0, 0.05) is 42.1 Å². The van der Waals surface area contributed by atoms with Crippen LogP contribution in [0.25, 0.3) is 0 Å². The summed E-state index contributed by atoms with van der Waals surface area (Å²) in [6, 6.07) is 4.61. The fourth-order valence-electron chi connectivity index (χ4n) is 3.20. The Labute approximate surface area is 151 Å². The molecular formula is C18H22N4O4. The van der Waals surface area contributed by atoms with E-state index in [2.05, 4.69) is 10.2 Å². The van der Waals surface area contributed by atoms with Crippen molar-refractivity contribution in [2.45, 2.75) is 45.4 Å². The van der Waals surface area contributed by atoms with Gasteiger partial charge in [0.05, 0.1) is 4.92 Å². The summed E-state index contributed by atoms with van der Waals surface area (Å²) in [5.41, 5.74) is 0.762. The van der Waals surface area contributed by atoms with E-state index in [0.29, 0.717) is 36.0 Å². The second kappa shape index (κ2) is 7.23. The monoisotopic (exact) mass is 358 g/mol. The molecule has 0 unspecified atom stereocenters. The van der Waals surface area contributed by atoms with Gasteiger partial charge < -0.3 is 9.32 Å². The molecule has 2 heterocycles. The topological polar surface area (TPSA) is 102 Å². The van der Waals surface area contributed by atoms with Gasteiger partial charge in [0.15, 0.2) is 0 Å². The van der Waals surface area contributed by atoms with Gasteiger partial charge in [-0.3, -0.25) is 14.9 Å². The van der Waals surface area contributed by atoms with Gasteiger partial charge in [0.25, 0.3) is 11.6 Å². The van der Waals surface area contributed by atoms with Crippen molar-refractivity contribution in [3.63, 3.8) is 0 Å². The van der Waals surface area contributed by atoms with Crippen LogP contribution in [0.3, 0.4) is 0 Å². The lowest BCUT2D eigenvalue weighted by atomic mass is 9.95. The second-order valence-electron chi connectivity index (χ2n) is 6.91. The largest absolute Gasteiger partial charge is 0.425 e. The fraction of sp³-hybridized carbons (Fsp3) is 0.500. The number of nitrogens with zero attached hydrogens (tertiary/aromatic N) is 4. The minimum Gasteiger partial charge on any atom is -0.425 e. The van der Waals surface area contributed by atoms with Crippen LogP contribution < -0.4 is 0 Å². The van der Waals surface area contributed by atoms with Crippen LogP contribution in [0, 0.1) is 17.0 Å². The van der Waals surface area contributed by atoms with Crippen molar-refractivity contribution < 1.29 is 14.1 Å². The number of likely N-dealkylation sites (tertiary alicyclic amines) is 1. The number of rotatable bonds is 4. The minimum absolute atomic E-state index is 0.0298. The molecule has 1 aliphatic rings. The highest BCUT2D eigenvalue weighted by atomic mass is 16.6. The zero-order valence-electron chi connectivity index (χ0n) is 15.1. The van der Waals surface area contributed by atoms with E-state index in [0.717, 1.165) is 12.8 Å². The summed E-state index contributed by atoms with van der Waals surface area (Å²) in [7, 11) is 0. The van der Waals surface area contributed by atoms with Crippen molar-refractivity contribution in [2.75, 3.05) is 13.1 Å². The quantitative estimate of drug-likeness (QED) is 0.613. The number of nitro benzene ring substituents is 1. The Morgan fingerprint density at radius 3 is 2.58 bits per heavy atom. The molecule has 0 atom stereocenters. The summed E-state index contributed by atoms with van der Waals surface area (Å²) >= 11 is 0. The summed E-state index contributed by atoms with van der Waals surface area (Å²) in [6.07, 6.45) is 1.47. The summed E-state index contributed by atoms with van der Waals surface area (Å²) in [4.78, 5) is 25.1. The number of carbonyl (C=O) groups is 1. The zero-order valence-corrected chi connectivity index (χ0v) is 15.1. The predicted molar refractivity (Wildman–Crippen MR) is 94.1 cm³/mol. The molecule has 1 amide bonds. The molecule has 1 saturated heterocycles. The maximum atomic E-state index is 12.8. The molecule has 0 spiro atoms. The lowest BCUT2D eigenvalue weighted by molar-refractivity contribution is -0.385. The first-order valence-corrected chi connectivity index (χ1v) is 8.75. The number of hydrogen-bond donors (Lipinski definition) is 0. The summed E-state index contributed by atoms with van der Waals surface area (Å²) in [5.74, 6) is 1.43. The third kappa shape index (κ3) is 3.44. The Morgan fingerprint density at radius 1 is 1.31 bits per heavy atom. The average Bonchev–Trinajstić information content (AvgIpc) is 3.12. The van der Waals surface area contributed by atoms with E-state index in [1.54, 1.807) is 24.0 Å². The van der Waals surface area contributed by atoms with E-state index in [4.69, 9.17) is 4.42 Å². The second-order valence-corrected chi connectivity index (χ2v) is 6.91. The Bertz CT molecular complexity index is 822. The summed E-state index contributed by atoms with van der Waals surface area (Å²) < 4.78 is 5.73. The molecule has 0 aliphatic carbocycles.